The topological polar surface area (TPSA) is 70.7 Å². The van der Waals surface area contributed by atoms with Crippen LogP contribution in [0, 0.1) is 13.8 Å². The van der Waals surface area contributed by atoms with Gasteiger partial charge in [0.1, 0.15) is 5.75 Å². The average Bonchev–Trinajstić information content (AvgIpc) is 2.67. The number of hydrogen-bond acceptors (Lipinski definition) is 4. The van der Waals surface area contributed by atoms with E-state index in [1.807, 2.05) is 30.9 Å². The van der Waals surface area contributed by atoms with Gasteiger partial charge in [-0.1, -0.05) is 6.92 Å². The van der Waals surface area contributed by atoms with E-state index in [9.17, 15) is 9.59 Å². The molecule has 0 bridgehead atoms. The van der Waals surface area contributed by atoms with Crippen LogP contribution < -0.4 is 15.4 Å². The maximum atomic E-state index is 12.3. The first-order valence-electron chi connectivity index (χ1n) is 10.0. The largest absolute Gasteiger partial charge is 0.483 e. The van der Waals surface area contributed by atoms with Crippen molar-refractivity contribution in [3.05, 3.63) is 28.8 Å². The highest BCUT2D eigenvalue weighted by atomic mass is 16.5. The second kappa shape index (κ2) is 10.9. The molecule has 0 radical (unpaired) electrons. The van der Waals surface area contributed by atoms with Gasteiger partial charge < -0.3 is 20.3 Å². The lowest BCUT2D eigenvalue weighted by molar-refractivity contribution is -0.134. The van der Waals surface area contributed by atoms with Gasteiger partial charge in [-0.25, -0.2) is 0 Å². The summed E-state index contributed by atoms with van der Waals surface area (Å²) in [4.78, 5) is 26.5. The van der Waals surface area contributed by atoms with E-state index in [2.05, 4.69) is 17.6 Å². The molecule has 0 spiro atoms. The van der Waals surface area contributed by atoms with Crippen LogP contribution in [0.1, 0.15) is 54.1 Å². The molecule has 1 aromatic rings. The van der Waals surface area contributed by atoms with Crippen molar-refractivity contribution in [2.24, 2.45) is 0 Å². The van der Waals surface area contributed by atoms with Gasteiger partial charge in [-0.05, 0) is 69.3 Å². The van der Waals surface area contributed by atoms with Gasteiger partial charge in [0.25, 0.3) is 11.8 Å². The molecule has 1 saturated heterocycles. The predicted molar refractivity (Wildman–Crippen MR) is 107 cm³/mol. The minimum absolute atomic E-state index is 0.0369. The number of aryl methyl sites for hydroxylation is 2. The molecule has 2 rings (SSSR count). The Balaban J connectivity index is 1.89. The molecule has 0 saturated carbocycles. The molecule has 2 N–H and O–H groups in total. The summed E-state index contributed by atoms with van der Waals surface area (Å²) in [5, 5.41) is 6.18. The highest BCUT2D eigenvalue weighted by molar-refractivity contribution is 5.94. The number of nitrogens with one attached hydrogen (secondary N) is 2. The van der Waals surface area contributed by atoms with E-state index < -0.39 is 0 Å². The van der Waals surface area contributed by atoms with Gasteiger partial charge in [0, 0.05) is 31.7 Å². The van der Waals surface area contributed by atoms with Crippen molar-refractivity contribution in [3.63, 3.8) is 0 Å². The van der Waals surface area contributed by atoms with Crippen LogP contribution in [-0.2, 0) is 4.79 Å². The molecule has 2 amide bonds. The van der Waals surface area contributed by atoms with E-state index in [0.29, 0.717) is 17.9 Å². The molecule has 0 atom stereocenters. The Morgan fingerprint density at radius 1 is 1.04 bits per heavy atom. The molecule has 6 nitrogen and oxygen atoms in total. The van der Waals surface area contributed by atoms with Crippen LogP contribution in [0.3, 0.4) is 0 Å². The van der Waals surface area contributed by atoms with Crippen LogP contribution in [0.4, 0.5) is 0 Å². The monoisotopic (exact) mass is 375 g/mol. The second-order valence-electron chi connectivity index (χ2n) is 7.18. The van der Waals surface area contributed by atoms with Crippen LogP contribution in [0.25, 0.3) is 0 Å². The number of rotatable bonds is 9. The zero-order valence-electron chi connectivity index (χ0n) is 16.9. The van der Waals surface area contributed by atoms with Crippen molar-refractivity contribution in [1.29, 1.82) is 0 Å². The van der Waals surface area contributed by atoms with Gasteiger partial charge in [0.2, 0.25) is 0 Å². The summed E-state index contributed by atoms with van der Waals surface area (Å²) in [5.41, 5.74) is 2.36. The zero-order valence-corrected chi connectivity index (χ0v) is 16.9. The fourth-order valence-electron chi connectivity index (χ4n) is 3.35. The van der Waals surface area contributed by atoms with Gasteiger partial charge in [-0.3, -0.25) is 9.59 Å². The zero-order chi connectivity index (χ0) is 19.6. The molecule has 0 aromatic heterocycles. The quantitative estimate of drug-likeness (QED) is 0.651. The molecule has 150 valence electrons. The summed E-state index contributed by atoms with van der Waals surface area (Å²) in [6.45, 7) is 9.95. The highest BCUT2D eigenvalue weighted by Crippen LogP contribution is 2.25. The fourth-order valence-corrected chi connectivity index (χ4v) is 3.35. The first-order chi connectivity index (χ1) is 13.0. The number of ether oxygens (including phenoxy) is 1. The number of hydrogen-bond donors (Lipinski definition) is 2. The van der Waals surface area contributed by atoms with Crippen molar-refractivity contribution in [3.8, 4) is 5.75 Å². The molecule has 1 aromatic carbocycles. The summed E-state index contributed by atoms with van der Waals surface area (Å²) in [7, 11) is 0. The molecule has 1 fully saturated rings. The Morgan fingerprint density at radius 2 is 1.70 bits per heavy atom. The van der Waals surface area contributed by atoms with Crippen LogP contribution in [-0.4, -0.2) is 56.0 Å². The Kier molecular flexibility index (Phi) is 8.58. The van der Waals surface area contributed by atoms with Gasteiger partial charge in [0.15, 0.2) is 6.61 Å². The summed E-state index contributed by atoms with van der Waals surface area (Å²) in [6, 6.07) is 3.64. The smallest absolute Gasteiger partial charge is 0.260 e. The maximum absolute atomic E-state index is 12.3. The molecule has 1 aliphatic heterocycles. The van der Waals surface area contributed by atoms with Gasteiger partial charge in [-0.2, -0.15) is 0 Å². The number of likely N-dealkylation sites (tertiary alicyclic amines) is 1. The number of benzene rings is 1. The van der Waals surface area contributed by atoms with E-state index in [-0.39, 0.29) is 18.4 Å². The van der Waals surface area contributed by atoms with Crippen LogP contribution in [0.2, 0.25) is 0 Å². The van der Waals surface area contributed by atoms with Gasteiger partial charge >= 0.3 is 0 Å². The van der Waals surface area contributed by atoms with E-state index >= 15 is 0 Å². The SMILES string of the molecule is CCCNCCNC(=O)c1cc(C)c(OCC(=O)N2CCCCC2)c(C)c1. The van der Waals surface area contributed by atoms with Crippen LogP contribution in [0.5, 0.6) is 5.75 Å². The van der Waals surface area contributed by atoms with Crippen molar-refractivity contribution in [2.75, 3.05) is 39.3 Å². The number of piperidine rings is 1. The van der Waals surface area contributed by atoms with E-state index in [4.69, 9.17) is 4.74 Å². The van der Waals surface area contributed by atoms with E-state index in [1.165, 1.54) is 6.42 Å². The van der Waals surface area contributed by atoms with Gasteiger partial charge in [0.05, 0.1) is 0 Å². The van der Waals surface area contributed by atoms with Crippen LogP contribution >= 0.6 is 0 Å². The Bertz CT molecular complexity index is 617. The Morgan fingerprint density at radius 3 is 2.33 bits per heavy atom. The molecular formula is C21H33N3O3. The average molecular weight is 376 g/mol. The Labute approximate surface area is 162 Å². The minimum Gasteiger partial charge on any atom is -0.483 e. The lowest BCUT2D eigenvalue weighted by Crippen LogP contribution is -2.38. The normalized spacial score (nSPS) is 14.1. The Hall–Kier alpha value is -2.08. The third kappa shape index (κ3) is 6.54. The number of nitrogens with zero attached hydrogens (tertiary/aromatic N) is 1. The van der Waals surface area contributed by atoms with E-state index in [1.54, 1.807) is 0 Å². The number of carbonyl (C=O) groups excluding carboxylic acids is 2. The third-order valence-corrected chi connectivity index (χ3v) is 4.79. The summed E-state index contributed by atoms with van der Waals surface area (Å²) < 4.78 is 5.81. The van der Waals surface area contributed by atoms with Gasteiger partial charge in [-0.15, -0.1) is 0 Å². The predicted octanol–water partition coefficient (Wildman–Crippen LogP) is 2.42. The standard InChI is InChI=1S/C21H33N3O3/c1-4-8-22-9-10-23-21(26)18-13-16(2)20(17(3)14-18)27-15-19(25)24-11-6-5-7-12-24/h13-14,22H,4-12,15H2,1-3H3,(H,23,26). The van der Waals surface area contributed by atoms with Crippen LogP contribution in [0.15, 0.2) is 12.1 Å². The second-order valence-corrected chi connectivity index (χ2v) is 7.18. The first kappa shape index (κ1) is 21.2. The summed E-state index contributed by atoms with van der Waals surface area (Å²) >= 11 is 0. The molecular weight excluding hydrogens is 342 g/mol. The molecule has 27 heavy (non-hydrogen) atoms. The number of amides is 2. The molecule has 1 heterocycles. The first-order valence-corrected chi connectivity index (χ1v) is 10.0. The summed E-state index contributed by atoms with van der Waals surface area (Å²) in [5.74, 6) is 0.645. The summed E-state index contributed by atoms with van der Waals surface area (Å²) in [6.07, 6.45) is 4.41. The molecule has 0 unspecified atom stereocenters. The van der Waals surface area contributed by atoms with Crippen molar-refractivity contribution < 1.29 is 14.3 Å². The highest BCUT2D eigenvalue weighted by Gasteiger charge is 2.18. The minimum atomic E-state index is -0.0876. The van der Waals surface area contributed by atoms with E-state index in [0.717, 1.165) is 56.6 Å². The van der Waals surface area contributed by atoms with Crippen molar-refractivity contribution >= 4 is 11.8 Å². The third-order valence-electron chi connectivity index (χ3n) is 4.79. The van der Waals surface area contributed by atoms with Crippen molar-refractivity contribution in [1.82, 2.24) is 15.5 Å². The fraction of sp³-hybridized carbons (Fsp3) is 0.619. The number of carbonyl (C=O) groups is 2. The molecule has 1 aliphatic rings. The lowest BCUT2D eigenvalue weighted by Gasteiger charge is -2.26. The lowest BCUT2D eigenvalue weighted by atomic mass is 10.1. The molecule has 6 heteroatoms. The maximum Gasteiger partial charge on any atom is 0.260 e. The molecule has 0 aliphatic carbocycles. The van der Waals surface area contributed by atoms with Crippen molar-refractivity contribution in [2.45, 2.75) is 46.5 Å².